The van der Waals surface area contributed by atoms with Gasteiger partial charge in [-0.2, -0.15) is 5.10 Å². The van der Waals surface area contributed by atoms with Gasteiger partial charge in [0.25, 0.3) is 11.6 Å². The maximum Gasteiger partial charge on any atom is 0.270 e. The predicted molar refractivity (Wildman–Crippen MR) is 119 cm³/mol. The van der Waals surface area contributed by atoms with Crippen molar-refractivity contribution in [3.8, 4) is 22.9 Å². The normalized spacial score (nSPS) is 10.8. The van der Waals surface area contributed by atoms with Gasteiger partial charge in [-0.15, -0.1) is 10.2 Å². The molecule has 0 radical (unpaired) electrons. The molecule has 166 valence electrons. The van der Waals surface area contributed by atoms with Gasteiger partial charge in [0.15, 0.2) is 11.0 Å². The number of hydrogen-bond acceptors (Lipinski definition) is 9. The fourth-order valence-corrected chi connectivity index (χ4v) is 3.42. The number of carbonyl (C=O) groups excluding carboxylic acids is 1. The molecule has 0 atom stereocenters. The van der Waals surface area contributed by atoms with Gasteiger partial charge in [-0.1, -0.05) is 23.9 Å². The third kappa shape index (κ3) is 5.40. The van der Waals surface area contributed by atoms with Crippen molar-refractivity contribution in [1.82, 2.24) is 20.2 Å². The number of nitro groups is 1. The number of rotatable bonds is 9. The van der Waals surface area contributed by atoms with E-state index in [-0.39, 0.29) is 17.3 Å². The summed E-state index contributed by atoms with van der Waals surface area (Å²) in [5.41, 5.74) is 3.65. The van der Waals surface area contributed by atoms with E-state index in [4.69, 9.17) is 9.47 Å². The van der Waals surface area contributed by atoms with Crippen molar-refractivity contribution >= 4 is 29.6 Å². The molecule has 0 bridgehead atoms. The molecule has 0 aliphatic carbocycles. The molecule has 12 heteroatoms. The fraction of sp³-hybridized carbons (Fsp3) is 0.200. The summed E-state index contributed by atoms with van der Waals surface area (Å²) in [4.78, 5) is 22.7. The van der Waals surface area contributed by atoms with Gasteiger partial charge in [-0.05, 0) is 12.1 Å². The van der Waals surface area contributed by atoms with Crippen LogP contribution in [0.15, 0.2) is 52.7 Å². The second-order valence-electron chi connectivity index (χ2n) is 6.36. The molecule has 0 aliphatic rings. The van der Waals surface area contributed by atoms with Gasteiger partial charge in [0, 0.05) is 36.4 Å². The van der Waals surface area contributed by atoms with Crippen molar-refractivity contribution in [3.05, 3.63) is 58.1 Å². The van der Waals surface area contributed by atoms with Crippen LogP contribution in [-0.2, 0) is 11.8 Å². The van der Waals surface area contributed by atoms with Crippen LogP contribution in [0.5, 0.6) is 11.5 Å². The molecule has 32 heavy (non-hydrogen) atoms. The van der Waals surface area contributed by atoms with Gasteiger partial charge in [-0.25, -0.2) is 5.43 Å². The number of nitrogens with zero attached hydrogens (tertiary/aromatic N) is 5. The van der Waals surface area contributed by atoms with Crippen LogP contribution in [-0.4, -0.2) is 51.8 Å². The molecular weight excluding hydrogens is 436 g/mol. The Kier molecular flexibility index (Phi) is 7.39. The summed E-state index contributed by atoms with van der Waals surface area (Å²) in [6.45, 7) is 0. The van der Waals surface area contributed by atoms with Crippen molar-refractivity contribution < 1.29 is 19.2 Å². The number of thioether (sulfide) groups is 1. The molecule has 11 nitrogen and oxygen atoms in total. The standard InChI is InChI=1S/C20H20N6O5S/c1-25-19(13-5-4-6-15(9-13)26(28)29)23-24-20(25)32-12-18(27)22-21-11-14-7-8-16(30-2)10-17(14)31-3/h4-11H,12H2,1-3H3,(H,22,27)/b21-11-. The maximum atomic E-state index is 12.1. The van der Waals surface area contributed by atoms with E-state index in [1.807, 2.05) is 0 Å². The van der Waals surface area contributed by atoms with Crippen LogP contribution in [0.25, 0.3) is 11.4 Å². The van der Waals surface area contributed by atoms with Gasteiger partial charge >= 0.3 is 0 Å². The first kappa shape index (κ1) is 22.7. The number of hydrazone groups is 1. The SMILES string of the molecule is COc1ccc(/C=N\NC(=O)CSc2nnc(-c3cccc([N+](=O)[O-])c3)n2C)c(OC)c1. The lowest BCUT2D eigenvalue weighted by molar-refractivity contribution is -0.384. The summed E-state index contributed by atoms with van der Waals surface area (Å²) < 4.78 is 12.1. The largest absolute Gasteiger partial charge is 0.497 e. The highest BCUT2D eigenvalue weighted by atomic mass is 32.2. The van der Waals surface area contributed by atoms with Gasteiger partial charge in [-0.3, -0.25) is 14.9 Å². The minimum atomic E-state index is -0.470. The number of amides is 1. The average Bonchev–Trinajstić information content (AvgIpc) is 3.18. The molecular formula is C20H20N6O5S. The zero-order chi connectivity index (χ0) is 23.1. The summed E-state index contributed by atoms with van der Waals surface area (Å²) in [5.74, 6) is 1.38. The number of methoxy groups -OCH3 is 2. The third-order valence-corrected chi connectivity index (χ3v) is 5.34. The van der Waals surface area contributed by atoms with Crippen LogP contribution >= 0.6 is 11.8 Å². The summed E-state index contributed by atoms with van der Waals surface area (Å²) in [6, 6.07) is 11.4. The number of carbonyl (C=O) groups is 1. The quantitative estimate of drug-likeness (QED) is 0.225. The number of benzene rings is 2. The number of nitrogens with one attached hydrogen (secondary N) is 1. The van der Waals surface area contributed by atoms with Crippen molar-refractivity contribution in [3.63, 3.8) is 0 Å². The Hall–Kier alpha value is -3.93. The van der Waals surface area contributed by atoms with Crippen molar-refractivity contribution in [2.75, 3.05) is 20.0 Å². The van der Waals surface area contributed by atoms with Gasteiger partial charge in [0.1, 0.15) is 11.5 Å². The Bertz CT molecular complexity index is 1160. The Morgan fingerprint density at radius 3 is 2.78 bits per heavy atom. The molecule has 2 aromatic carbocycles. The van der Waals surface area contributed by atoms with E-state index in [9.17, 15) is 14.9 Å². The topological polar surface area (TPSA) is 134 Å². The van der Waals surface area contributed by atoms with Crippen molar-refractivity contribution in [1.29, 1.82) is 0 Å². The molecule has 3 aromatic rings. The lowest BCUT2D eigenvalue weighted by Gasteiger charge is -2.07. The highest BCUT2D eigenvalue weighted by Crippen LogP contribution is 2.25. The van der Waals surface area contributed by atoms with Crippen LogP contribution in [0, 0.1) is 10.1 Å². The van der Waals surface area contributed by atoms with E-state index >= 15 is 0 Å². The molecule has 1 heterocycles. The lowest BCUT2D eigenvalue weighted by atomic mass is 10.2. The first-order valence-corrected chi connectivity index (χ1v) is 10.2. The van der Waals surface area contributed by atoms with E-state index in [2.05, 4.69) is 20.7 Å². The second kappa shape index (κ2) is 10.4. The van der Waals surface area contributed by atoms with Crippen LogP contribution in [0.1, 0.15) is 5.56 Å². The van der Waals surface area contributed by atoms with Crippen LogP contribution in [0.2, 0.25) is 0 Å². The van der Waals surface area contributed by atoms with Gasteiger partial charge < -0.3 is 14.0 Å². The van der Waals surface area contributed by atoms with E-state index in [1.54, 1.807) is 49.1 Å². The zero-order valence-corrected chi connectivity index (χ0v) is 18.3. The summed E-state index contributed by atoms with van der Waals surface area (Å²) in [6.07, 6.45) is 1.48. The smallest absolute Gasteiger partial charge is 0.270 e. The van der Waals surface area contributed by atoms with Crippen LogP contribution < -0.4 is 14.9 Å². The Morgan fingerprint density at radius 1 is 1.25 bits per heavy atom. The van der Waals surface area contributed by atoms with E-state index in [0.717, 1.165) is 0 Å². The monoisotopic (exact) mass is 456 g/mol. The predicted octanol–water partition coefficient (Wildman–Crippen LogP) is 2.65. The van der Waals surface area contributed by atoms with Crippen LogP contribution in [0.4, 0.5) is 5.69 Å². The molecule has 0 unspecified atom stereocenters. The summed E-state index contributed by atoms with van der Waals surface area (Å²) in [7, 11) is 4.82. The molecule has 0 saturated carbocycles. The van der Waals surface area contributed by atoms with Crippen LogP contribution in [0.3, 0.4) is 0 Å². The van der Waals surface area contributed by atoms with Gasteiger partial charge in [0.05, 0.1) is 31.1 Å². The van der Waals surface area contributed by atoms with E-state index < -0.39 is 4.92 Å². The molecule has 0 aliphatic heterocycles. The van der Waals surface area contributed by atoms with Gasteiger partial charge in [0.2, 0.25) is 0 Å². The van der Waals surface area contributed by atoms with E-state index in [0.29, 0.717) is 33.6 Å². The number of aromatic nitrogens is 3. The minimum absolute atomic E-state index is 0.0366. The highest BCUT2D eigenvalue weighted by molar-refractivity contribution is 7.99. The number of nitro benzene ring substituents is 1. The number of ether oxygens (including phenoxy) is 2. The molecule has 0 spiro atoms. The lowest BCUT2D eigenvalue weighted by Crippen LogP contribution is -2.20. The average molecular weight is 456 g/mol. The molecule has 0 saturated heterocycles. The molecule has 3 rings (SSSR count). The first-order valence-electron chi connectivity index (χ1n) is 9.24. The Morgan fingerprint density at radius 2 is 2.06 bits per heavy atom. The minimum Gasteiger partial charge on any atom is -0.497 e. The molecule has 1 N–H and O–H groups in total. The Balaban J connectivity index is 1.60. The first-order chi connectivity index (χ1) is 15.4. The fourth-order valence-electron chi connectivity index (χ4n) is 2.71. The summed E-state index contributed by atoms with van der Waals surface area (Å²) >= 11 is 1.17. The van der Waals surface area contributed by atoms with Crippen molar-refractivity contribution in [2.24, 2.45) is 12.1 Å². The second-order valence-corrected chi connectivity index (χ2v) is 7.30. The van der Waals surface area contributed by atoms with E-state index in [1.165, 1.54) is 37.2 Å². The third-order valence-electron chi connectivity index (χ3n) is 4.32. The number of non-ortho nitro benzene ring substituents is 1. The Labute approximate surface area is 187 Å². The molecule has 0 fully saturated rings. The zero-order valence-electron chi connectivity index (χ0n) is 17.5. The molecule has 1 amide bonds. The summed E-state index contributed by atoms with van der Waals surface area (Å²) in [5, 5.41) is 23.6. The molecule has 1 aromatic heterocycles. The highest BCUT2D eigenvalue weighted by Gasteiger charge is 2.15. The van der Waals surface area contributed by atoms with Crippen molar-refractivity contribution in [2.45, 2.75) is 5.16 Å². The number of hydrogen-bond donors (Lipinski definition) is 1. The maximum absolute atomic E-state index is 12.1.